The summed E-state index contributed by atoms with van der Waals surface area (Å²) in [4.78, 5) is 42.6. The van der Waals surface area contributed by atoms with Crippen LogP contribution in [0.25, 0.3) is 0 Å². The maximum Gasteiger partial charge on any atom is 2.00 e. The zero-order chi connectivity index (χ0) is 24.1. The van der Waals surface area contributed by atoms with E-state index in [2.05, 4.69) is 10.6 Å². The molecule has 0 spiro atoms. The van der Waals surface area contributed by atoms with E-state index in [4.69, 9.17) is 10.2 Å². The molecule has 0 bridgehead atoms. The largest absolute Gasteiger partial charge is 2.00 e. The predicted molar refractivity (Wildman–Crippen MR) is 114 cm³/mol. The summed E-state index contributed by atoms with van der Waals surface area (Å²) in [6.45, 7) is 5.21. The molecule has 0 aromatic heterocycles. The summed E-state index contributed by atoms with van der Waals surface area (Å²) in [5.41, 5.74) is -1.91. The second kappa shape index (κ2) is 23.6. The van der Waals surface area contributed by atoms with Gasteiger partial charge in [-0.25, -0.2) is 0 Å². The second-order valence-electron chi connectivity index (χ2n) is 7.92. The Bertz CT molecular complexity index is 541. The van der Waals surface area contributed by atoms with Crippen molar-refractivity contribution in [2.24, 2.45) is 10.8 Å². The van der Waals surface area contributed by atoms with Gasteiger partial charge in [0.1, 0.15) is 12.2 Å². The van der Waals surface area contributed by atoms with E-state index in [-0.39, 0.29) is 126 Å². The van der Waals surface area contributed by atoms with E-state index in [0.29, 0.717) is 0 Å². The van der Waals surface area contributed by atoms with Crippen molar-refractivity contribution in [1.82, 2.24) is 10.6 Å². The molecule has 0 aliphatic carbocycles. The average molecular weight is 551 g/mol. The summed E-state index contributed by atoms with van der Waals surface area (Å²) < 4.78 is 0. The van der Waals surface area contributed by atoms with Crippen LogP contribution >= 0.6 is 0 Å². The molecule has 0 unspecified atom stereocenters. The molecular weight excluding hydrogens is 516 g/mol. The minimum Gasteiger partial charge on any atom is -0.870 e. The van der Waals surface area contributed by atoms with Crippen molar-refractivity contribution in [3.63, 3.8) is 0 Å². The van der Waals surface area contributed by atoms with E-state index in [0.717, 1.165) is 0 Å². The SMILES string of the molecule is CC(C)(CO)[C@@H](O)C(=O)NCCC(=O)[O-].CC(C)(CO)[C@@H](O)C(=O)NCCC(=O)[O-].[Ca+2].[Ca+2].[OH-].[OH-]. The third-order valence-corrected chi connectivity index (χ3v) is 4.05. The van der Waals surface area contributed by atoms with Crippen LogP contribution in [0.15, 0.2) is 0 Å². The van der Waals surface area contributed by atoms with Gasteiger partial charge >= 0.3 is 75.5 Å². The Morgan fingerprint density at radius 2 is 0.941 bits per heavy atom. The van der Waals surface area contributed by atoms with Gasteiger partial charge < -0.3 is 61.8 Å². The van der Waals surface area contributed by atoms with Gasteiger partial charge in [-0.1, -0.05) is 27.7 Å². The van der Waals surface area contributed by atoms with Crippen LogP contribution in [-0.2, 0) is 19.2 Å². The predicted octanol–water partition coefficient (Wildman–Crippen LogP) is -5.87. The van der Waals surface area contributed by atoms with E-state index in [1.165, 1.54) is 27.7 Å². The molecule has 0 radical (unpaired) electrons. The normalized spacial score (nSPS) is 11.8. The molecule has 0 aliphatic rings. The topological polar surface area (TPSA) is 279 Å². The number of carbonyl (C=O) groups excluding carboxylic acids is 4. The first-order valence-corrected chi connectivity index (χ1v) is 9.15. The van der Waals surface area contributed by atoms with Crippen LogP contribution in [0.1, 0.15) is 40.5 Å². The molecule has 34 heavy (non-hydrogen) atoms. The summed E-state index contributed by atoms with van der Waals surface area (Å²) in [7, 11) is 0. The van der Waals surface area contributed by atoms with Gasteiger partial charge in [0.05, 0.1) is 13.2 Å². The molecule has 0 saturated heterocycles. The number of carboxylic acid groups (broad SMARTS) is 2. The molecule has 0 aromatic carbocycles. The molecule has 0 aliphatic heterocycles. The van der Waals surface area contributed by atoms with Gasteiger partial charge in [-0.15, -0.1) is 0 Å². The van der Waals surface area contributed by atoms with E-state index in [1.807, 2.05) is 0 Å². The van der Waals surface area contributed by atoms with Crippen LogP contribution in [0.4, 0.5) is 0 Å². The monoisotopic (exact) mass is 550 g/mol. The minimum atomic E-state index is -1.37. The number of aliphatic carboxylic acids is 2. The number of nitrogens with one attached hydrogen (secondary N) is 2. The van der Waals surface area contributed by atoms with Crippen molar-refractivity contribution in [1.29, 1.82) is 0 Å². The zero-order valence-electron chi connectivity index (χ0n) is 19.9. The van der Waals surface area contributed by atoms with Crippen molar-refractivity contribution < 1.29 is 60.8 Å². The molecule has 0 fully saturated rings. The molecule has 0 rings (SSSR count). The molecule has 2 atom stereocenters. The van der Waals surface area contributed by atoms with Crippen molar-refractivity contribution in [2.75, 3.05) is 26.3 Å². The molecular formula is C18H34Ca2N2O12. The summed E-state index contributed by atoms with van der Waals surface area (Å²) in [6.07, 6.45) is -3.36. The number of amides is 2. The Morgan fingerprint density at radius 3 is 1.12 bits per heavy atom. The van der Waals surface area contributed by atoms with Gasteiger partial charge in [-0.2, -0.15) is 0 Å². The van der Waals surface area contributed by atoms with Crippen LogP contribution in [0.3, 0.4) is 0 Å². The standard InChI is InChI=1S/2C9H17NO5.2Ca.2H2O/c2*1-9(2,5-11)7(14)8(15)10-4-3-6(12)13;;;;/h2*7,11,14H,3-5H2,1-2H3,(H,10,15)(H,12,13);;;2*1H2/q;;2*+2;;/p-4/t2*7-;;;;/m00..../s1. The third-order valence-electron chi connectivity index (χ3n) is 4.05. The first-order chi connectivity index (χ1) is 13.6. The molecule has 0 saturated carbocycles. The fourth-order valence-electron chi connectivity index (χ4n) is 1.65. The van der Waals surface area contributed by atoms with Crippen LogP contribution in [0.2, 0.25) is 0 Å². The third kappa shape index (κ3) is 21.4. The molecule has 192 valence electrons. The van der Waals surface area contributed by atoms with Crippen molar-refractivity contribution in [3.8, 4) is 0 Å². The minimum absolute atomic E-state index is 0. The number of rotatable bonds is 12. The number of hydrogen-bond acceptors (Lipinski definition) is 12. The van der Waals surface area contributed by atoms with Gasteiger partial charge in [-0.3, -0.25) is 9.59 Å². The Morgan fingerprint density at radius 1 is 0.706 bits per heavy atom. The van der Waals surface area contributed by atoms with Crippen LogP contribution in [0, 0.1) is 10.8 Å². The van der Waals surface area contributed by atoms with Crippen LogP contribution < -0.4 is 20.8 Å². The molecule has 0 aromatic rings. The van der Waals surface area contributed by atoms with E-state index in [9.17, 15) is 39.6 Å². The quantitative estimate of drug-likeness (QED) is 0.124. The van der Waals surface area contributed by atoms with E-state index >= 15 is 0 Å². The summed E-state index contributed by atoms with van der Waals surface area (Å²) in [6, 6.07) is 0. The second-order valence-corrected chi connectivity index (χ2v) is 7.92. The number of aliphatic hydroxyl groups excluding tert-OH is 4. The molecule has 8 N–H and O–H groups in total. The smallest absolute Gasteiger partial charge is 0.870 e. The Hall–Kier alpha value is 0.159. The van der Waals surface area contributed by atoms with Crippen LogP contribution in [0.5, 0.6) is 0 Å². The van der Waals surface area contributed by atoms with Crippen molar-refractivity contribution in [3.05, 3.63) is 0 Å². The number of hydrogen-bond donors (Lipinski definition) is 6. The maximum absolute atomic E-state index is 11.2. The Labute approximate surface area is 258 Å². The van der Waals surface area contributed by atoms with Gasteiger partial charge in [0.15, 0.2) is 0 Å². The van der Waals surface area contributed by atoms with Crippen LogP contribution in [-0.4, -0.2) is 169 Å². The molecule has 2 amide bonds. The van der Waals surface area contributed by atoms with Gasteiger partial charge in [0.2, 0.25) is 11.8 Å². The van der Waals surface area contributed by atoms with Gasteiger partial charge in [0.25, 0.3) is 0 Å². The van der Waals surface area contributed by atoms with Gasteiger partial charge in [0, 0.05) is 48.7 Å². The first-order valence-electron chi connectivity index (χ1n) is 9.15. The number of carboxylic acids is 2. The number of aliphatic hydroxyl groups is 4. The van der Waals surface area contributed by atoms with E-state index in [1.54, 1.807) is 0 Å². The zero-order valence-corrected chi connectivity index (χ0v) is 24.4. The van der Waals surface area contributed by atoms with Crippen molar-refractivity contribution in [2.45, 2.75) is 52.7 Å². The summed E-state index contributed by atoms with van der Waals surface area (Å²) in [5, 5.41) is 61.3. The molecule has 14 nitrogen and oxygen atoms in total. The van der Waals surface area contributed by atoms with E-state index < -0.39 is 46.8 Å². The molecule has 0 heterocycles. The Balaban J connectivity index is -0.000000103. The summed E-state index contributed by atoms with van der Waals surface area (Å²) in [5.74, 6) is -3.94. The Kier molecular flexibility index (Phi) is 32.8. The first kappa shape index (κ1) is 47.4. The molecule has 16 heteroatoms. The van der Waals surface area contributed by atoms with Crippen molar-refractivity contribution >= 4 is 99.2 Å². The summed E-state index contributed by atoms with van der Waals surface area (Å²) >= 11 is 0. The van der Waals surface area contributed by atoms with Gasteiger partial charge in [-0.05, 0) is 0 Å². The fraction of sp³-hybridized carbons (Fsp3) is 0.778. The maximum atomic E-state index is 11.2. The number of carbonyl (C=O) groups is 4. The fourth-order valence-corrected chi connectivity index (χ4v) is 1.65. The average Bonchev–Trinajstić information content (AvgIpc) is 2.66.